The molecule has 2 fully saturated rings. The summed E-state index contributed by atoms with van der Waals surface area (Å²) in [5.41, 5.74) is 0.959. The van der Waals surface area contributed by atoms with Gasteiger partial charge in [0.05, 0.1) is 21.9 Å². The van der Waals surface area contributed by atoms with Crippen LogP contribution in [0.1, 0.15) is 32.6 Å². The number of rotatable bonds is 4. The molecule has 1 N–H and O–H groups in total. The zero-order valence-corrected chi connectivity index (χ0v) is 14.3. The van der Waals surface area contributed by atoms with E-state index in [-0.39, 0.29) is 5.54 Å². The van der Waals surface area contributed by atoms with Crippen LogP contribution in [0.15, 0.2) is 18.6 Å². The predicted octanol–water partition coefficient (Wildman–Crippen LogP) is 2.08. The number of hydrogen-bond donors (Lipinski definition) is 1. The van der Waals surface area contributed by atoms with Gasteiger partial charge in [-0.1, -0.05) is 6.92 Å². The number of hydrogen-bond acceptors (Lipinski definition) is 4. The Balaban J connectivity index is 1.60. The Hall–Kier alpha value is -1.47. The third-order valence-corrected chi connectivity index (χ3v) is 6.94. The Bertz CT molecular complexity index is 732. The molecular weight excluding hydrogens is 310 g/mol. The molecular formula is C16H23N5OS. The Labute approximate surface area is 138 Å². The minimum atomic E-state index is -0.838. The molecule has 0 amide bonds. The molecule has 4 heterocycles. The van der Waals surface area contributed by atoms with Crippen LogP contribution in [0.2, 0.25) is 0 Å². The third kappa shape index (κ3) is 2.46. The second-order valence-electron chi connectivity index (χ2n) is 6.56. The van der Waals surface area contributed by atoms with Crippen LogP contribution < -0.4 is 4.90 Å². The number of aromatic amines is 1. The highest BCUT2D eigenvalue weighted by molar-refractivity contribution is 7.82. The summed E-state index contributed by atoms with van der Waals surface area (Å²) < 4.78 is 14.7. The lowest BCUT2D eigenvalue weighted by Crippen LogP contribution is -2.67. The van der Waals surface area contributed by atoms with Gasteiger partial charge in [-0.05, 0) is 31.7 Å². The molecule has 23 heavy (non-hydrogen) atoms. The van der Waals surface area contributed by atoms with Crippen molar-refractivity contribution in [2.75, 3.05) is 30.3 Å². The van der Waals surface area contributed by atoms with Gasteiger partial charge in [-0.2, -0.15) is 0 Å². The van der Waals surface area contributed by atoms with Gasteiger partial charge in [0.25, 0.3) is 0 Å². The first-order valence-corrected chi connectivity index (χ1v) is 9.70. The second kappa shape index (κ2) is 5.87. The largest absolute Gasteiger partial charge is 0.354 e. The number of nitrogens with zero attached hydrogens (tertiary/aromatic N) is 4. The molecule has 0 radical (unpaired) electrons. The van der Waals surface area contributed by atoms with E-state index in [4.69, 9.17) is 0 Å². The number of anilines is 1. The van der Waals surface area contributed by atoms with E-state index < -0.39 is 11.0 Å². The van der Waals surface area contributed by atoms with Gasteiger partial charge >= 0.3 is 0 Å². The zero-order valence-electron chi connectivity index (χ0n) is 13.5. The van der Waals surface area contributed by atoms with Crippen LogP contribution in [0.5, 0.6) is 0 Å². The molecule has 7 heteroatoms. The van der Waals surface area contributed by atoms with Gasteiger partial charge in [0.2, 0.25) is 0 Å². The van der Waals surface area contributed by atoms with Crippen molar-refractivity contribution in [3.05, 3.63) is 18.6 Å². The summed E-state index contributed by atoms with van der Waals surface area (Å²) >= 11 is 0. The van der Waals surface area contributed by atoms with Crippen molar-refractivity contribution in [1.29, 1.82) is 0 Å². The van der Waals surface area contributed by atoms with Crippen molar-refractivity contribution in [1.82, 2.24) is 19.3 Å². The van der Waals surface area contributed by atoms with E-state index in [1.807, 2.05) is 12.3 Å². The van der Waals surface area contributed by atoms with Gasteiger partial charge < -0.3 is 9.88 Å². The summed E-state index contributed by atoms with van der Waals surface area (Å²) in [6, 6.07) is 2.04. The first-order chi connectivity index (χ1) is 11.2. The highest BCUT2D eigenvalue weighted by atomic mass is 32.2. The van der Waals surface area contributed by atoms with Crippen molar-refractivity contribution in [2.24, 2.45) is 0 Å². The molecule has 0 aromatic carbocycles. The van der Waals surface area contributed by atoms with Crippen molar-refractivity contribution in [3.8, 4) is 0 Å². The van der Waals surface area contributed by atoms with Gasteiger partial charge in [0, 0.05) is 31.6 Å². The Morgan fingerprint density at radius 1 is 1.35 bits per heavy atom. The molecule has 124 valence electrons. The summed E-state index contributed by atoms with van der Waals surface area (Å²) in [5.74, 6) is 1.78. The quantitative estimate of drug-likeness (QED) is 0.930. The summed E-state index contributed by atoms with van der Waals surface area (Å²) in [6.07, 6.45) is 7.91. The Morgan fingerprint density at radius 2 is 2.26 bits per heavy atom. The molecule has 2 aliphatic rings. The number of fused-ring (bicyclic) bond motifs is 1. The van der Waals surface area contributed by atoms with E-state index in [0.29, 0.717) is 0 Å². The molecule has 4 rings (SSSR count). The van der Waals surface area contributed by atoms with Crippen LogP contribution in [-0.4, -0.2) is 54.4 Å². The van der Waals surface area contributed by atoms with E-state index in [1.165, 1.54) is 0 Å². The van der Waals surface area contributed by atoms with Crippen LogP contribution in [0, 0.1) is 0 Å². The summed E-state index contributed by atoms with van der Waals surface area (Å²) in [6.45, 7) is 4.98. The van der Waals surface area contributed by atoms with Crippen LogP contribution in [-0.2, 0) is 11.0 Å². The molecule has 2 unspecified atom stereocenters. The standard InChI is InChI=1S/C16H23N5OS/c1-2-10-23(22)21-9-6-16(21)5-3-8-20(11-16)15-13-4-7-17-14(13)18-12-19-15/h4,7,12H,2-3,5-6,8-11H2,1H3,(H,17,18,19). The predicted molar refractivity (Wildman–Crippen MR) is 92.7 cm³/mol. The van der Waals surface area contributed by atoms with Crippen LogP contribution in [0.4, 0.5) is 5.82 Å². The molecule has 0 saturated carbocycles. The molecule has 6 nitrogen and oxygen atoms in total. The fourth-order valence-corrected chi connectivity index (χ4v) is 5.47. The average Bonchev–Trinajstić information content (AvgIpc) is 3.02. The van der Waals surface area contributed by atoms with Crippen LogP contribution in [0.25, 0.3) is 11.0 Å². The topological polar surface area (TPSA) is 65.1 Å². The summed E-state index contributed by atoms with van der Waals surface area (Å²) in [4.78, 5) is 14.3. The van der Waals surface area contributed by atoms with E-state index >= 15 is 0 Å². The van der Waals surface area contributed by atoms with Crippen LogP contribution in [0.3, 0.4) is 0 Å². The first kappa shape index (κ1) is 15.1. The molecule has 1 spiro atoms. The van der Waals surface area contributed by atoms with E-state index in [2.05, 4.69) is 31.1 Å². The lowest BCUT2D eigenvalue weighted by atomic mass is 9.80. The highest BCUT2D eigenvalue weighted by Crippen LogP contribution is 2.41. The monoisotopic (exact) mass is 333 g/mol. The molecule has 2 atom stereocenters. The van der Waals surface area contributed by atoms with E-state index in [0.717, 1.165) is 67.9 Å². The van der Waals surface area contributed by atoms with Gasteiger partial charge in [-0.3, -0.25) is 0 Å². The maximum atomic E-state index is 12.5. The number of H-pyrrole nitrogens is 1. The second-order valence-corrected chi connectivity index (χ2v) is 8.06. The fraction of sp³-hybridized carbons (Fsp3) is 0.625. The summed E-state index contributed by atoms with van der Waals surface area (Å²) in [7, 11) is -0.838. The molecule has 2 saturated heterocycles. The van der Waals surface area contributed by atoms with E-state index in [9.17, 15) is 4.21 Å². The Kier molecular flexibility index (Phi) is 3.85. The number of aromatic nitrogens is 3. The number of nitrogens with one attached hydrogen (secondary N) is 1. The van der Waals surface area contributed by atoms with Crippen molar-refractivity contribution in [3.63, 3.8) is 0 Å². The van der Waals surface area contributed by atoms with Gasteiger partial charge in [0.1, 0.15) is 17.8 Å². The van der Waals surface area contributed by atoms with Gasteiger partial charge in [-0.15, -0.1) is 0 Å². The average molecular weight is 333 g/mol. The van der Waals surface area contributed by atoms with Crippen molar-refractivity contribution in [2.45, 2.75) is 38.1 Å². The highest BCUT2D eigenvalue weighted by Gasteiger charge is 2.50. The van der Waals surface area contributed by atoms with Crippen molar-refractivity contribution >= 4 is 27.8 Å². The lowest BCUT2D eigenvalue weighted by molar-refractivity contribution is 0.0607. The first-order valence-electron chi connectivity index (χ1n) is 8.43. The maximum Gasteiger partial charge on any atom is 0.142 e. The van der Waals surface area contributed by atoms with Gasteiger partial charge in [-0.25, -0.2) is 18.5 Å². The lowest BCUT2D eigenvalue weighted by Gasteiger charge is -2.56. The normalized spacial score (nSPS) is 26.6. The smallest absolute Gasteiger partial charge is 0.142 e. The third-order valence-electron chi connectivity index (χ3n) is 5.12. The maximum absolute atomic E-state index is 12.5. The molecule has 2 aliphatic heterocycles. The molecule has 0 aliphatic carbocycles. The SMILES string of the molecule is CCCS(=O)N1CCC12CCCN(c1ncnc3[nH]ccc13)C2. The minimum absolute atomic E-state index is 0.0753. The molecule has 0 bridgehead atoms. The fourth-order valence-electron chi connectivity index (χ4n) is 3.93. The summed E-state index contributed by atoms with van der Waals surface area (Å²) in [5, 5.41) is 1.07. The zero-order chi connectivity index (χ0) is 15.9. The molecule has 2 aromatic heterocycles. The van der Waals surface area contributed by atoms with E-state index in [1.54, 1.807) is 6.33 Å². The van der Waals surface area contributed by atoms with Crippen LogP contribution >= 0.6 is 0 Å². The number of piperidine rings is 1. The Morgan fingerprint density at radius 3 is 3.04 bits per heavy atom. The van der Waals surface area contributed by atoms with Crippen molar-refractivity contribution < 1.29 is 4.21 Å². The minimum Gasteiger partial charge on any atom is -0.354 e. The molecule has 2 aromatic rings. The van der Waals surface area contributed by atoms with Gasteiger partial charge in [0.15, 0.2) is 0 Å².